The highest BCUT2D eigenvalue weighted by Crippen LogP contribution is 2.43. The molecule has 0 aromatic carbocycles. The largest absolute Gasteiger partial charge is 0.370 e. The molecule has 1 atom stereocenters. The van der Waals surface area contributed by atoms with Crippen LogP contribution in [0.3, 0.4) is 0 Å². The molecule has 0 amide bonds. The number of hydrogen-bond donors (Lipinski definition) is 1. The maximum atomic E-state index is 6.30. The SMILES string of the molecule is CCNCc1ncn(CC2CCC3(CCCC3)O2)n1. The summed E-state index contributed by atoms with van der Waals surface area (Å²) in [6, 6.07) is 0. The third-order valence-corrected chi connectivity index (χ3v) is 4.36. The van der Waals surface area contributed by atoms with Gasteiger partial charge < -0.3 is 10.1 Å². The summed E-state index contributed by atoms with van der Waals surface area (Å²) in [6.07, 6.45) is 9.74. The number of rotatable bonds is 5. The van der Waals surface area contributed by atoms with Crippen LogP contribution in [0.5, 0.6) is 0 Å². The maximum absolute atomic E-state index is 6.30. The lowest BCUT2D eigenvalue weighted by Gasteiger charge is -2.23. The van der Waals surface area contributed by atoms with E-state index in [1.807, 2.05) is 11.0 Å². The van der Waals surface area contributed by atoms with Crippen LogP contribution in [-0.2, 0) is 17.8 Å². The van der Waals surface area contributed by atoms with Crippen molar-refractivity contribution in [2.75, 3.05) is 6.54 Å². The van der Waals surface area contributed by atoms with E-state index in [1.54, 1.807) is 0 Å². The van der Waals surface area contributed by atoms with E-state index in [4.69, 9.17) is 4.74 Å². The monoisotopic (exact) mass is 264 g/mol. The van der Waals surface area contributed by atoms with Gasteiger partial charge in [-0.15, -0.1) is 0 Å². The fourth-order valence-electron chi connectivity index (χ4n) is 3.36. The van der Waals surface area contributed by atoms with Crippen LogP contribution >= 0.6 is 0 Å². The summed E-state index contributed by atoms with van der Waals surface area (Å²) in [7, 11) is 0. The fraction of sp³-hybridized carbons (Fsp3) is 0.857. The van der Waals surface area contributed by atoms with Gasteiger partial charge in [0.2, 0.25) is 0 Å². The van der Waals surface area contributed by atoms with Gasteiger partial charge in [-0.1, -0.05) is 19.8 Å². The molecule has 3 rings (SSSR count). The Kier molecular flexibility index (Phi) is 3.84. The molecule has 5 nitrogen and oxygen atoms in total. The maximum Gasteiger partial charge on any atom is 0.164 e. The summed E-state index contributed by atoms with van der Waals surface area (Å²) in [5, 5.41) is 7.73. The first kappa shape index (κ1) is 13.1. The van der Waals surface area contributed by atoms with Crippen molar-refractivity contribution >= 4 is 0 Å². The summed E-state index contributed by atoms with van der Waals surface area (Å²) in [5.74, 6) is 0.871. The van der Waals surface area contributed by atoms with E-state index in [0.29, 0.717) is 6.10 Å². The minimum atomic E-state index is 0.220. The van der Waals surface area contributed by atoms with Crippen LogP contribution in [0.4, 0.5) is 0 Å². The van der Waals surface area contributed by atoms with Gasteiger partial charge in [-0.2, -0.15) is 5.10 Å². The van der Waals surface area contributed by atoms with Crippen LogP contribution in [0.1, 0.15) is 51.3 Å². The Bertz CT molecular complexity index is 411. The van der Waals surface area contributed by atoms with Gasteiger partial charge in [0.1, 0.15) is 6.33 Å². The van der Waals surface area contributed by atoms with Gasteiger partial charge in [0, 0.05) is 0 Å². The lowest BCUT2D eigenvalue weighted by Crippen LogP contribution is -2.26. The predicted octanol–water partition coefficient (Wildman–Crippen LogP) is 1.88. The van der Waals surface area contributed by atoms with Gasteiger partial charge in [0.05, 0.1) is 24.8 Å². The van der Waals surface area contributed by atoms with Crippen LogP contribution < -0.4 is 5.32 Å². The van der Waals surface area contributed by atoms with Gasteiger partial charge in [-0.3, -0.25) is 4.68 Å². The van der Waals surface area contributed by atoms with E-state index >= 15 is 0 Å². The minimum absolute atomic E-state index is 0.220. The Morgan fingerprint density at radius 2 is 2.26 bits per heavy atom. The molecule has 106 valence electrons. The van der Waals surface area contributed by atoms with Gasteiger partial charge >= 0.3 is 0 Å². The molecule has 1 aromatic rings. The molecule has 19 heavy (non-hydrogen) atoms. The molecule has 2 aliphatic rings. The van der Waals surface area contributed by atoms with Crippen LogP contribution in [0.25, 0.3) is 0 Å². The molecule has 2 heterocycles. The van der Waals surface area contributed by atoms with E-state index in [2.05, 4.69) is 22.3 Å². The molecule has 1 aliphatic carbocycles. The zero-order valence-corrected chi connectivity index (χ0v) is 11.8. The smallest absolute Gasteiger partial charge is 0.164 e. The zero-order valence-electron chi connectivity index (χ0n) is 11.8. The first-order valence-electron chi connectivity index (χ1n) is 7.56. The Morgan fingerprint density at radius 1 is 1.42 bits per heavy atom. The summed E-state index contributed by atoms with van der Waals surface area (Å²) >= 11 is 0. The number of ether oxygens (including phenoxy) is 1. The lowest BCUT2D eigenvalue weighted by molar-refractivity contribution is -0.0429. The quantitative estimate of drug-likeness (QED) is 0.882. The average Bonchev–Trinajstić information content (AvgIpc) is 3.12. The van der Waals surface area contributed by atoms with Gasteiger partial charge in [-0.25, -0.2) is 4.98 Å². The molecule has 0 bridgehead atoms. The summed E-state index contributed by atoms with van der Waals surface area (Å²) in [4.78, 5) is 4.32. The first-order chi connectivity index (χ1) is 9.30. The third kappa shape index (κ3) is 2.98. The normalized spacial score (nSPS) is 25.4. The highest BCUT2D eigenvalue weighted by Gasteiger charge is 2.42. The van der Waals surface area contributed by atoms with Crippen LogP contribution in [-0.4, -0.2) is 33.0 Å². The standard InChI is InChI=1S/C14H24N4O/c1-2-15-9-13-16-11-18(17-13)10-12-5-8-14(19-12)6-3-4-7-14/h11-12,15H,2-10H2,1H3. The molecular weight excluding hydrogens is 240 g/mol. The van der Waals surface area contributed by atoms with E-state index < -0.39 is 0 Å². The molecule has 0 radical (unpaired) electrons. The Balaban J connectivity index is 1.53. The Labute approximate surface area is 114 Å². The van der Waals surface area contributed by atoms with Gasteiger partial charge in [0.15, 0.2) is 5.82 Å². The molecule has 1 saturated heterocycles. The van der Waals surface area contributed by atoms with Crippen molar-refractivity contribution in [1.29, 1.82) is 0 Å². The molecule has 1 unspecified atom stereocenters. The zero-order chi connectivity index (χ0) is 13.1. The molecule has 1 aromatic heterocycles. The van der Waals surface area contributed by atoms with E-state index in [-0.39, 0.29) is 5.60 Å². The molecular formula is C14H24N4O. The van der Waals surface area contributed by atoms with Crippen molar-refractivity contribution in [3.05, 3.63) is 12.2 Å². The number of nitrogens with zero attached hydrogens (tertiary/aromatic N) is 3. The average molecular weight is 264 g/mol. The van der Waals surface area contributed by atoms with E-state index in [9.17, 15) is 0 Å². The fourth-order valence-corrected chi connectivity index (χ4v) is 3.36. The van der Waals surface area contributed by atoms with Crippen LogP contribution in [0.15, 0.2) is 6.33 Å². The second-order valence-corrected chi connectivity index (χ2v) is 5.83. The summed E-state index contributed by atoms with van der Waals surface area (Å²) in [5.41, 5.74) is 0.220. The van der Waals surface area contributed by atoms with Gasteiger partial charge in [0.25, 0.3) is 0 Å². The third-order valence-electron chi connectivity index (χ3n) is 4.36. The Morgan fingerprint density at radius 3 is 3.05 bits per heavy atom. The first-order valence-corrected chi connectivity index (χ1v) is 7.56. The summed E-state index contributed by atoms with van der Waals surface area (Å²) < 4.78 is 8.24. The van der Waals surface area contributed by atoms with Crippen molar-refractivity contribution in [3.8, 4) is 0 Å². The van der Waals surface area contributed by atoms with Crippen LogP contribution in [0.2, 0.25) is 0 Å². The number of aromatic nitrogens is 3. The molecule has 1 spiro atoms. The molecule has 1 N–H and O–H groups in total. The van der Waals surface area contributed by atoms with Crippen molar-refractivity contribution in [2.24, 2.45) is 0 Å². The number of nitrogens with one attached hydrogen (secondary N) is 1. The van der Waals surface area contributed by atoms with Crippen molar-refractivity contribution < 1.29 is 4.74 Å². The molecule has 1 aliphatic heterocycles. The summed E-state index contributed by atoms with van der Waals surface area (Å²) in [6.45, 7) is 4.63. The highest BCUT2D eigenvalue weighted by atomic mass is 16.5. The highest BCUT2D eigenvalue weighted by molar-refractivity contribution is 4.93. The van der Waals surface area contributed by atoms with Gasteiger partial charge in [-0.05, 0) is 32.2 Å². The predicted molar refractivity (Wildman–Crippen MR) is 72.7 cm³/mol. The Hall–Kier alpha value is -0.940. The van der Waals surface area contributed by atoms with Crippen molar-refractivity contribution in [3.63, 3.8) is 0 Å². The molecule has 2 fully saturated rings. The van der Waals surface area contributed by atoms with E-state index in [1.165, 1.54) is 38.5 Å². The van der Waals surface area contributed by atoms with Crippen molar-refractivity contribution in [1.82, 2.24) is 20.1 Å². The minimum Gasteiger partial charge on any atom is -0.370 e. The second kappa shape index (κ2) is 5.59. The number of hydrogen-bond acceptors (Lipinski definition) is 4. The van der Waals surface area contributed by atoms with Crippen molar-refractivity contribution in [2.45, 2.75) is 70.2 Å². The lowest BCUT2D eigenvalue weighted by atomic mass is 9.98. The second-order valence-electron chi connectivity index (χ2n) is 5.83. The molecule has 5 heteroatoms. The molecule has 1 saturated carbocycles. The van der Waals surface area contributed by atoms with Crippen LogP contribution in [0, 0.1) is 0 Å². The topological polar surface area (TPSA) is 52.0 Å². The van der Waals surface area contributed by atoms with E-state index in [0.717, 1.165) is 25.5 Å².